The summed E-state index contributed by atoms with van der Waals surface area (Å²) in [6, 6.07) is 17.8. The summed E-state index contributed by atoms with van der Waals surface area (Å²) in [5.41, 5.74) is 5.78. The molecule has 5 nitrogen and oxygen atoms in total. The summed E-state index contributed by atoms with van der Waals surface area (Å²) in [5, 5.41) is 3.39. The van der Waals surface area contributed by atoms with E-state index in [-0.39, 0.29) is 23.4 Å². The maximum Gasteiger partial charge on any atom is 0.264 e. The van der Waals surface area contributed by atoms with Crippen LogP contribution in [0.2, 0.25) is 5.02 Å². The number of hydrogen-bond donors (Lipinski definition) is 1. The van der Waals surface area contributed by atoms with Crippen LogP contribution in [0.3, 0.4) is 0 Å². The van der Waals surface area contributed by atoms with Crippen LogP contribution in [0.1, 0.15) is 53.6 Å². The van der Waals surface area contributed by atoms with Crippen molar-refractivity contribution in [2.75, 3.05) is 10.8 Å². The van der Waals surface area contributed by atoms with Crippen molar-refractivity contribution in [1.82, 2.24) is 5.32 Å². The Kier molecular flexibility index (Phi) is 7.53. The number of aryl methyl sites for hydroxylation is 4. The van der Waals surface area contributed by atoms with Crippen molar-refractivity contribution >= 4 is 33.2 Å². The Morgan fingerprint density at radius 2 is 1.66 bits per heavy atom. The lowest BCUT2D eigenvalue weighted by atomic mass is 9.89. The van der Waals surface area contributed by atoms with E-state index in [1.54, 1.807) is 49.4 Å². The number of anilines is 1. The van der Waals surface area contributed by atoms with Gasteiger partial charge >= 0.3 is 0 Å². The summed E-state index contributed by atoms with van der Waals surface area (Å²) in [7, 11) is -4.00. The lowest BCUT2D eigenvalue weighted by molar-refractivity contribution is -0.120. The Morgan fingerprint density at radius 1 is 0.971 bits per heavy atom. The quantitative estimate of drug-likeness (QED) is 0.429. The smallest absolute Gasteiger partial charge is 0.264 e. The number of nitrogens with one attached hydrogen (secondary N) is 1. The summed E-state index contributed by atoms with van der Waals surface area (Å²) in [4.78, 5) is 13.3. The zero-order valence-corrected chi connectivity index (χ0v) is 21.9. The van der Waals surface area contributed by atoms with Gasteiger partial charge in [0.25, 0.3) is 10.0 Å². The minimum atomic E-state index is -4.00. The molecule has 1 amide bonds. The van der Waals surface area contributed by atoms with E-state index in [0.717, 1.165) is 28.3 Å². The molecule has 1 N–H and O–H groups in total. The number of nitrogens with zero attached hydrogens (tertiary/aromatic N) is 1. The number of benzene rings is 3. The minimum Gasteiger partial charge on any atom is -0.348 e. The van der Waals surface area contributed by atoms with Gasteiger partial charge in [-0.25, -0.2) is 8.42 Å². The van der Waals surface area contributed by atoms with Crippen molar-refractivity contribution in [2.45, 2.75) is 57.4 Å². The average molecular weight is 511 g/mol. The van der Waals surface area contributed by atoms with E-state index in [1.807, 2.05) is 13.8 Å². The third kappa shape index (κ3) is 5.71. The molecule has 0 fully saturated rings. The molecule has 0 radical (unpaired) electrons. The number of fused-ring (bicyclic) bond motifs is 1. The number of carbonyl (C=O) groups excluding carboxylic acids is 1. The normalized spacial score (nSPS) is 14.2. The van der Waals surface area contributed by atoms with Crippen LogP contribution < -0.4 is 9.62 Å². The molecule has 3 aromatic rings. The molecule has 0 bridgehead atoms. The van der Waals surface area contributed by atoms with Gasteiger partial charge in [-0.05, 0) is 93.0 Å². The molecule has 0 aliphatic heterocycles. The van der Waals surface area contributed by atoms with Crippen molar-refractivity contribution in [3.8, 4) is 0 Å². The molecule has 1 aliphatic rings. The molecule has 4 rings (SSSR count). The topological polar surface area (TPSA) is 66.5 Å². The molecular weight excluding hydrogens is 480 g/mol. The SMILES string of the molecule is Cc1ccc(S(=O)(=O)N(CC(=O)NC(C)c2ccc3c(c2)CCCC3)c2cc(Cl)ccc2C)cc1. The molecule has 0 aromatic heterocycles. The number of hydrogen-bond acceptors (Lipinski definition) is 3. The Labute approximate surface area is 213 Å². The Bertz CT molecular complexity index is 1340. The van der Waals surface area contributed by atoms with Crippen LogP contribution in [0.4, 0.5) is 5.69 Å². The first kappa shape index (κ1) is 25.3. The third-order valence-electron chi connectivity index (χ3n) is 6.59. The molecule has 184 valence electrons. The molecule has 0 heterocycles. The van der Waals surface area contributed by atoms with Gasteiger partial charge in [-0.2, -0.15) is 0 Å². The second kappa shape index (κ2) is 10.4. The summed E-state index contributed by atoms with van der Waals surface area (Å²) < 4.78 is 28.5. The fraction of sp³-hybridized carbons (Fsp3) is 0.321. The van der Waals surface area contributed by atoms with Gasteiger partial charge < -0.3 is 5.32 Å². The van der Waals surface area contributed by atoms with E-state index in [1.165, 1.54) is 24.0 Å². The van der Waals surface area contributed by atoms with Gasteiger partial charge in [-0.1, -0.05) is 53.6 Å². The molecule has 3 aromatic carbocycles. The highest BCUT2D eigenvalue weighted by molar-refractivity contribution is 7.92. The van der Waals surface area contributed by atoms with E-state index in [9.17, 15) is 13.2 Å². The van der Waals surface area contributed by atoms with Crippen LogP contribution in [0.15, 0.2) is 65.6 Å². The Morgan fingerprint density at radius 3 is 2.37 bits per heavy atom. The minimum absolute atomic E-state index is 0.123. The van der Waals surface area contributed by atoms with Gasteiger partial charge in [0, 0.05) is 5.02 Å². The van der Waals surface area contributed by atoms with Gasteiger partial charge in [0.1, 0.15) is 6.54 Å². The lowest BCUT2D eigenvalue weighted by Gasteiger charge is -2.27. The van der Waals surface area contributed by atoms with E-state index < -0.39 is 10.0 Å². The van der Waals surface area contributed by atoms with Crippen LogP contribution in [0, 0.1) is 13.8 Å². The van der Waals surface area contributed by atoms with E-state index in [0.29, 0.717) is 16.3 Å². The standard InChI is InChI=1S/C28H31ClN2O3S/c1-19-8-14-26(15-9-19)35(33,34)31(27-17-25(29)13-10-20(27)2)18-28(32)30-21(3)23-12-11-22-6-4-5-7-24(22)16-23/h8-17,21H,4-7,18H2,1-3H3,(H,30,32). The number of sulfonamides is 1. The zero-order valence-electron chi connectivity index (χ0n) is 20.3. The Balaban J connectivity index is 1.61. The van der Waals surface area contributed by atoms with Crippen LogP contribution in [0.25, 0.3) is 0 Å². The maximum atomic E-state index is 13.7. The van der Waals surface area contributed by atoms with Crippen molar-refractivity contribution in [3.63, 3.8) is 0 Å². The highest BCUT2D eigenvalue weighted by atomic mass is 35.5. The first-order valence-corrected chi connectivity index (χ1v) is 13.7. The third-order valence-corrected chi connectivity index (χ3v) is 8.60. The summed E-state index contributed by atoms with van der Waals surface area (Å²) in [6.45, 7) is 5.26. The van der Waals surface area contributed by atoms with Crippen molar-refractivity contribution in [3.05, 3.63) is 93.5 Å². The highest BCUT2D eigenvalue weighted by Crippen LogP contribution is 2.30. The first-order valence-electron chi connectivity index (χ1n) is 11.9. The Hall–Kier alpha value is -2.83. The molecule has 35 heavy (non-hydrogen) atoms. The predicted molar refractivity (Wildman–Crippen MR) is 142 cm³/mol. The van der Waals surface area contributed by atoms with E-state index >= 15 is 0 Å². The second-order valence-electron chi connectivity index (χ2n) is 9.28. The van der Waals surface area contributed by atoms with E-state index in [2.05, 4.69) is 23.5 Å². The summed E-state index contributed by atoms with van der Waals surface area (Å²) in [5.74, 6) is -0.384. The maximum absolute atomic E-state index is 13.7. The molecule has 0 saturated heterocycles. The molecule has 7 heteroatoms. The van der Waals surface area contributed by atoms with Gasteiger partial charge in [-0.3, -0.25) is 9.10 Å². The number of rotatable bonds is 7. The number of halogens is 1. The van der Waals surface area contributed by atoms with Gasteiger partial charge in [0.15, 0.2) is 0 Å². The largest absolute Gasteiger partial charge is 0.348 e. The average Bonchev–Trinajstić information content (AvgIpc) is 2.84. The van der Waals surface area contributed by atoms with Crippen molar-refractivity contribution in [1.29, 1.82) is 0 Å². The van der Waals surface area contributed by atoms with Crippen molar-refractivity contribution in [2.24, 2.45) is 0 Å². The number of carbonyl (C=O) groups is 1. The zero-order chi connectivity index (χ0) is 25.2. The predicted octanol–water partition coefficient (Wildman–Crippen LogP) is 5.91. The summed E-state index contributed by atoms with van der Waals surface area (Å²) >= 11 is 6.21. The van der Waals surface area contributed by atoms with Crippen molar-refractivity contribution < 1.29 is 13.2 Å². The van der Waals surface area contributed by atoms with Gasteiger partial charge in [0.05, 0.1) is 16.6 Å². The second-order valence-corrected chi connectivity index (χ2v) is 11.6. The molecule has 1 aliphatic carbocycles. The molecule has 1 atom stereocenters. The van der Waals surface area contributed by atoms with Crippen LogP contribution in [-0.4, -0.2) is 20.9 Å². The first-order chi connectivity index (χ1) is 16.6. The molecule has 0 spiro atoms. The molecule has 1 unspecified atom stereocenters. The van der Waals surface area contributed by atoms with Crippen LogP contribution >= 0.6 is 11.6 Å². The van der Waals surface area contributed by atoms with Crippen LogP contribution in [0.5, 0.6) is 0 Å². The van der Waals surface area contributed by atoms with E-state index in [4.69, 9.17) is 11.6 Å². The fourth-order valence-electron chi connectivity index (χ4n) is 4.51. The van der Waals surface area contributed by atoms with Crippen LogP contribution in [-0.2, 0) is 27.7 Å². The van der Waals surface area contributed by atoms with Gasteiger partial charge in [-0.15, -0.1) is 0 Å². The lowest BCUT2D eigenvalue weighted by Crippen LogP contribution is -2.42. The molecular formula is C28H31ClN2O3S. The molecule has 0 saturated carbocycles. The van der Waals surface area contributed by atoms with Gasteiger partial charge in [0.2, 0.25) is 5.91 Å². The highest BCUT2D eigenvalue weighted by Gasteiger charge is 2.29. The monoisotopic (exact) mass is 510 g/mol. The number of amides is 1. The summed E-state index contributed by atoms with van der Waals surface area (Å²) in [6.07, 6.45) is 4.55. The fourth-order valence-corrected chi connectivity index (χ4v) is 6.16.